The number of aryl methyl sites for hydroxylation is 1. The van der Waals surface area contributed by atoms with Gasteiger partial charge in [0.1, 0.15) is 5.82 Å². The van der Waals surface area contributed by atoms with Crippen LogP contribution in [0.3, 0.4) is 0 Å². The molecule has 0 spiro atoms. The van der Waals surface area contributed by atoms with Crippen LogP contribution in [-0.4, -0.2) is 36.5 Å². The van der Waals surface area contributed by atoms with Crippen LogP contribution in [0.15, 0.2) is 18.3 Å². The maximum absolute atomic E-state index is 8.46. The number of aliphatic hydroxyl groups is 1. The lowest BCUT2D eigenvalue weighted by atomic mass is 10.3. The Labute approximate surface area is 83.9 Å². The maximum atomic E-state index is 8.46. The molecule has 0 aromatic carbocycles. The SMILES string of the molecule is Cc1ccnc(NCCOCCO)c1. The molecule has 14 heavy (non-hydrogen) atoms. The molecule has 0 radical (unpaired) electrons. The third-order valence-electron chi connectivity index (χ3n) is 1.70. The molecular weight excluding hydrogens is 180 g/mol. The molecule has 1 aromatic heterocycles. The van der Waals surface area contributed by atoms with E-state index < -0.39 is 0 Å². The monoisotopic (exact) mass is 196 g/mol. The average Bonchev–Trinajstić information content (AvgIpc) is 2.18. The summed E-state index contributed by atoms with van der Waals surface area (Å²) in [5.41, 5.74) is 1.18. The first kappa shape index (κ1) is 10.9. The molecule has 4 nitrogen and oxygen atoms in total. The molecule has 2 N–H and O–H groups in total. The van der Waals surface area contributed by atoms with Crippen LogP contribution in [0.1, 0.15) is 5.56 Å². The summed E-state index contributed by atoms with van der Waals surface area (Å²) in [6, 6.07) is 3.93. The van der Waals surface area contributed by atoms with Crippen molar-refractivity contribution in [1.29, 1.82) is 0 Å². The van der Waals surface area contributed by atoms with Gasteiger partial charge in [-0.2, -0.15) is 0 Å². The number of rotatable bonds is 6. The third-order valence-corrected chi connectivity index (χ3v) is 1.70. The van der Waals surface area contributed by atoms with E-state index >= 15 is 0 Å². The quantitative estimate of drug-likeness (QED) is 0.661. The van der Waals surface area contributed by atoms with Gasteiger partial charge in [-0.1, -0.05) is 0 Å². The summed E-state index contributed by atoms with van der Waals surface area (Å²) >= 11 is 0. The van der Waals surface area contributed by atoms with Gasteiger partial charge in [-0.25, -0.2) is 4.98 Å². The van der Waals surface area contributed by atoms with Gasteiger partial charge in [-0.05, 0) is 24.6 Å². The summed E-state index contributed by atoms with van der Waals surface area (Å²) in [6.45, 7) is 3.77. The van der Waals surface area contributed by atoms with Crippen molar-refractivity contribution in [1.82, 2.24) is 4.98 Å². The highest BCUT2D eigenvalue weighted by Crippen LogP contribution is 2.04. The van der Waals surface area contributed by atoms with E-state index in [0.717, 1.165) is 5.82 Å². The second-order valence-electron chi connectivity index (χ2n) is 2.98. The van der Waals surface area contributed by atoms with E-state index in [9.17, 15) is 0 Å². The predicted octanol–water partition coefficient (Wildman–Crippen LogP) is 0.811. The average molecular weight is 196 g/mol. The summed E-state index contributed by atoms with van der Waals surface area (Å²) in [7, 11) is 0. The van der Waals surface area contributed by atoms with Crippen molar-refractivity contribution in [2.24, 2.45) is 0 Å². The molecular formula is C10H16N2O2. The lowest BCUT2D eigenvalue weighted by Crippen LogP contribution is -2.12. The van der Waals surface area contributed by atoms with Crippen LogP contribution >= 0.6 is 0 Å². The fourth-order valence-electron chi connectivity index (χ4n) is 1.05. The van der Waals surface area contributed by atoms with E-state index in [1.807, 2.05) is 19.1 Å². The number of ether oxygens (including phenoxy) is 1. The van der Waals surface area contributed by atoms with Crippen molar-refractivity contribution < 1.29 is 9.84 Å². The van der Waals surface area contributed by atoms with Crippen molar-refractivity contribution in [2.75, 3.05) is 31.7 Å². The van der Waals surface area contributed by atoms with E-state index in [1.165, 1.54) is 5.56 Å². The number of aromatic nitrogens is 1. The smallest absolute Gasteiger partial charge is 0.126 e. The normalized spacial score (nSPS) is 10.1. The van der Waals surface area contributed by atoms with Gasteiger partial charge in [0.25, 0.3) is 0 Å². The van der Waals surface area contributed by atoms with Crippen molar-refractivity contribution >= 4 is 5.82 Å². The predicted molar refractivity (Wildman–Crippen MR) is 55.4 cm³/mol. The van der Waals surface area contributed by atoms with E-state index in [-0.39, 0.29) is 6.61 Å². The first-order valence-electron chi connectivity index (χ1n) is 4.68. The zero-order chi connectivity index (χ0) is 10.2. The van der Waals surface area contributed by atoms with Crippen LogP contribution in [0.2, 0.25) is 0 Å². The highest BCUT2D eigenvalue weighted by Gasteiger charge is 1.92. The van der Waals surface area contributed by atoms with Gasteiger partial charge in [-0.3, -0.25) is 0 Å². The minimum atomic E-state index is 0.0721. The summed E-state index contributed by atoms with van der Waals surface area (Å²) in [5.74, 6) is 0.859. The molecule has 0 atom stereocenters. The topological polar surface area (TPSA) is 54.4 Å². The Balaban J connectivity index is 2.18. The number of anilines is 1. The van der Waals surface area contributed by atoms with Gasteiger partial charge < -0.3 is 15.2 Å². The molecule has 0 bridgehead atoms. The molecule has 0 aliphatic heterocycles. The van der Waals surface area contributed by atoms with Gasteiger partial charge in [-0.15, -0.1) is 0 Å². The van der Waals surface area contributed by atoms with E-state index in [1.54, 1.807) is 6.20 Å². The first-order chi connectivity index (χ1) is 6.83. The molecule has 1 rings (SSSR count). The minimum Gasteiger partial charge on any atom is -0.394 e. The summed E-state index contributed by atoms with van der Waals surface area (Å²) in [5, 5.41) is 11.6. The number of pyridine rings is 1. The molecule has 78 valence electrons. The maximum Gasteiger partial charge on any atom is 0.126 e. The third kappa shape index (κ3) is 4.20. The second kappa shape index (κ2) is 6.34. The molecule has 0 amide bonds. The number of hydrogen-bond acceptors (Lipinski definition) is 4. The fourth-order valence-corrected chi connectivity index (χ4v) is 1.05. The van der Waals surface area contributed by atoms with Crippen molar-refractivity contribution in [2.45, 2.75) is 6.92 Å². The van der Waals surface area contributed by atoms with Crippen LogP contribution < -0.4 is 5.32 Å². The van der Waals surface area contributed by atoms with Crippen molar-refractivity contribution in [3.63, 3.8) is 0 Å². The Morgan fingerprint density at radius 3 is 3.07 bits per heavy atom. The number of hydrogen-bond donors (Lipinski definition) is 2. The van der Waals surface area contributed by atoms with Crippen LogP contribution in [0.25, 0.3) is 0 Å². The van der Waals surface area contributed by atoms with Crippen LogP contribution in [0.5, 0.6) is 0 Å². The number of nitrogens with zero attached hydrogens (tertiary/aromatic N) is 1. The Hall–Kier alpha value is -1.13. The molecule has 0 unspecified atom stereocenters. The molecule has 0 fully saturated rings. The highest BCUT2D eigenvalue weighted by molar-refractivity contribution is 5.36. The fraction of sp³-hybridized carbons (Fsp3) is 0.500. The van der Waals surface area contributed by atoms with E-state index in [2.05, 4.69) is 10.3 Å². The largest absolute Gasteiger partial charge is 0.394 e. The van der Waals surface area contributed by atoms with Crippen LogP contribution in [-0.2, 0) is 4.74 Å². The standard InChI is InChI=1S/C10H16N2O2/c1-9-2-3-11-10(8-9)12-4-6-14-7-5-13/h2-3,8,13H,4-7H2,1H3,(H,11,12). The van der Waals surface area contributed by atoms with Gasteiger partial charge in [0.15, 0.2) is 0 Å². The van der Waals surface area contributed by atoms with E-state index in [0.29, 0.717) is 19.8 Å². The summed E-state index contributed by atoms with van der Waals surface area (Å²) in [6.07, 6.45) is 1.77. The Morgan fingerprint density at radius 1 is 1.50 bits per heavy atom. The van der Waals surface area contributed by atoms with Gasteiger partial charge in [0.05, 0.1) is 19.8 Å². The zero-order valence-corrected chi connectivity index (χ0v) is 8.36. The molecule has 1 heterocycles. The molecule has 0 aliphatic carbocycles. The minimum absolute atomic E-state index is 0.0721. The molecule has 1 aromatic rings. The van der Waals surface area contributed by atoms with E-state index in [4.69, 9.17) is 9.84 Å². The Kier molecular flexibility index (Phi) is 4.96. The Morgan fingerprint density at radius 2 is 2.36 bits per heavy atom. The Bertz CT molecular complexity index is 266. The van der Waals surface area contributed by atoms with Gasteiger partial charge in [0, 0.05) is 12.7 Å². The first-order valence-corrected chi connectivity index (χ1v) is 4.68. The summed E-state index contributed by atoms with van der Waals surface area (Å²) in [4.78, 5) is 4.14. The lowest BCUT2D eigenvalue weighted by molar-refractivity contribution is 0.0992. The summed E-state index contributed by atoms with van der Waals surface area (Å²) < 4.78 is 5.09. The molecule has 4 heteroatoms. The van der Waals surface area contributed by atoms with Crippen LogP contribution in [0, 0.1) is 6.92 Å². The van der Waals surface area contributed by atoms with Gasteiger partial charge in [0.2, 0.25) is 0 Å². The van der Waals surface area contributed by atoms with Gasteiger partial charge >= 0.3 is 0 Å². The van der Waals surface area contributed by atoms with Crippen molar-refractivity contribution in [3.8, 4) is 0 Å². The number of nitrogens with one attached hydrogen (secondary N) is 1. The van der Waals surface area contributed by atoms with Crippen molar-refractivity contribution in [3.05, 3.63) is 23.9 Å². The highest BCUT2D eigenvalue weighted by atomic mass is 16.5. The van der Waals surface area contributed by atoms with Crippen LogP contribution in [0.4, 0.5) is 5.82 Å². The molecule has 0 aliphatic rings. The molecule has 0 saturated heterocycles. The zero-order valence-electron chi connectivity index (χ0n) is 8.36. The number of aliphatic hydroxyl groups excluding tert-OH is 1. The lowest BCUT2D eigenvalue weighted by Gasteiger charge is -2.05. The molecule has 0 saturated carbocycles. The second-order valence-corrected chi connectivity index (χ2v) is 2.98.